The number of pyridine rings is 1. The quantitative estimate of drug-likeness (QED) is 0.898. The Balaban J connectivity index is 1.99. The van der Waals surface area contributed by atoms with Gasteiger partial charge in [-0.3, -0.25) is 4.90 Å². The third-order valence-corrected chi connectivity index (χ3v) is 3.83. The molecular weight excluding hydrogens is 242 g/mol. The van der Waals surface area contributed by atoms with Gasteiger partial charge >= 0.3 is 5.97 Å². The van der Waals surface area contributed by atoms with Gasteiger partial charge < -0.3 is 9.51 Å². The number of rotatable bonds is 2. The number of imidazole rings is 1. The zero-order chi connectivity index (χ0) is 13.4. The van der Waals surface area contributed by atoms with Crippen molar-refractivity contribution in [1.29, 1.82) is 0 Å². The maximum Gasteiger partial charge on any atom is 0.337 e. The number of hydrogen-bond donors (Lipinski definition) is 1. The number of carboxylic acid groups (broad SMARTS) is 1. The minimum absolute atomic E-state index is 0.286. The summed E-state index contributed by atoms with van der Waals surface area (Å²) in [6.45, 7) is 1.10. The summed E-state index contributed by atoms with van der Waals surface area (Å²) in [5, 5.41) is 9.00. The first-order chi connectivity index (χ1) is 9.15. The summed E-state index contributed by atoms with van der Waals surface area (Å²) in [7, 11) is 2.12. The number of nitrogens with zero attached hydrogens (tertiary/aromatic N) is 3. The summed E-state index contributed by atoms with van der Waals surface area (Å²) in [5.41, 5.74) is 2.12. The Morgan fingerprint density at radius 1 is 1.37 bits per heavy atom. The Kier molecular flexibility index (Phi) is 2.98. The molecule has 19 heavy (non-hydrogen) atoms. The lowest BCUT2D eigenvalue weighted by Gasteiger charge is -2.31. The fourth-order valence-electron chi connectivity index (χ4n) is 2.75. The molecule has 0 amide bonds. The number of aromatic carboxylic acids is 1. The molecule has 1 atom stereocenters. The summed E-state index contributed by atoms with van der Waals surface area (Å²) in [5.74, 6) is -0.910. The standard InChI is InChI=1S/C14H17N3O2/c1-16-7-3-2-4-12(16)11-9-17-8-10(14(18)19)5-6-13(17)15-11/h5-6,8-9,12H,2-4,7H2,1H3,(H,18,19). The molecular formula is C14H17N3O2. The Morgan fingerprint density at radius 2 is 2.21 bits per heavy atom. The molecule has 0 aromatic carbocycles. The maximum atomic E-state index is 11.0. The van der Waals surface area contributed by atoms with Crippen molar-refractivity contribution in [2.75, 3.05) is 13.6 Å². The Hall–Kier alpha value is -1.88. The van der Waals surface area contributed by atoms with Gasteiger partial charge in [-0.25, -0.2) is 9.78 Å². The topological polar surface area (TPSA) is 57.8 Å². The van der Waals surface area contributed by atoms with Gasteiger partial charge in [0.05, 0.1) is 17.3 Å². The van der Waals surface area contributed by atoms with Crippen LogP contribution < -0.4 is 0 Å². The van der Waals surface area contributed by atoms with E-state index >= 15 is 0 Å². The number of likely N-dealkylation sites (tertiary alicyclic amines) is 1. The van der Waals surface area contributed by atoms with Gasteiger partial charge in [-0.1, -0.05) is 6.42 Å². The van der Waals surface area contributed by atoms with Crippen molar-refractivity contribution in [3.8, 4) is 0 Å². The van der Waals surface area contributed by atoms with Crippen LogP contribution in [0.4, 0.5) is 0 Å². The normalized spacial score (nSPS) is 20.8. The largest absolute Gasteiger partial charge is 0.478 e. The second kappa shape index (κ2) is 4.66. The molecule has 5 heteroatoms. The first-order valence-electron chi connectivity index (χ1n) is 6.57. The number of hydrogen-bond acceptors (Lipinski definition) is 3. The fourth-order valence-corrected chi connectivity index (χ4v) is 2.75. The molecule has 1 N–H and O–H groups in total. The molecule has 3 heterocycles. The highest BCUT2D eigenvalue weighted by Crippen LogP contribution is 2.28. The second-order valence-electron chi connectivity index (χ2n) is 5.15. The van der Waals surface area contributed by atoms with Crippen LogP contribution in [0.1, 0.15) is 41.4 Å². The SMILES string of the molecule is CN1CCCCC1c1cn2cc(C(=O)O)ccc2n1. The van der Waals surface area contributed by atoms with Gasteiger partial charge in [0, 0.05) is 12.4 Å². The first-order valence-corrected chi connectivity index (χ1v) is 6.57. The van der Waals surface area contributed by atoms with Crippen molar-refractivity contribution in [3.63, 3.8) is 0 Å². The molecule has 0 saturated carbocycles. The van der Waals surface area contributed by atoms with E-state index in [2.05, 4.69) is 16.9 Å². The van der Waals surface area contributed by atoms with Gasteiger partial charge in [0.15, 0.2) is 0 Å². The van der Waals surface area contributed by atoms with Crippen LogP contribution in [0.3, 0.4) is 0 Å². The molecule has 100 valence electrons. The van der Waals surface area contributed by atoms with Gasteiger partial charge in [-0.2, -0.15) is 0 Å². The molecule has 3 rings (SSSR count). The van der Waals surface area contributed by atoms with E-state index in [-0.39, 0.29) is 5.56 Å². The van der Waals surface area contributed by atoms with Crippen LogP contribution >= 0.6 is 0 Å². The van der Waals surface area contributed by atoms with Gasteiger partial charge in [0.25, 0.3) is 0 Å². The van der Waals surface area contributed by atoms with Crippen LogP contribution in [0.2, 0.25) is 0 Å². The van der Waals surface area contributed by atoms with Crippen molar-refractivity contribution < 1.29 is 9.90 Å². The number of aromatic nitrogens is 2. The van der Waals surface area contributed by atoms with Crippen LogP contribution in [0.15, 0.2) is 24.5 Å². The number of carboxylic acids is 1. The van der Waals surface area contributed by atoms with E-state index in [0.717, 1.165) is 24.3 Å². The zero-order valence-electron chi connectivity index (χ0n) is 10.9. The Morgan fingerprint density at radius 3 is 2.95 bits per heavy atom. The van der Waals surface area contributed by atoms with Gasteiger partial charge in [-0.15, -0.1) is 0 Å². The summed E-state index contributed by atoms with van der Waals surface area (Å²) in [4.78, 5) is 17.9. The molecule has 1 aliphatic heterocycles. The molecule has 0 aliphatic carbocycles. The third-order valence-electron chi connectivity index (χ3n) is 3.83. The average Bonchev–Trinajstić information content (AvgIpc) is 2.81. The molecule has 5 nitrogen and oxygen atoms in total. The van der Waals surface area contributed by atoms with E-state index in [0.29, 0.717) is 6.04 Å². The van der Waals surface area contributed by atoms with Crippen molar-refractivity contribution in [2.24, 2.45) is 0 Å². The first kappa shape index (κ1) is 12.2. The maximum absolute atomic E-state index is 11.0. The van der Waals surface area contributed by atoms with E-state index in [9.17, 15) is 4.79 Å². The van der Waals surface area contributed by atoms with E-state index in [4.69, 9.17) is 5.11 Å². The number of fused-ring (bicyclic) bond motifs is 1. The van der Waals surface area contributed by atoms with Gasteiger partial charge in [-0.05, 0) is 38.6 Å². The second-order valence-corrected chi connectivity index (χ2v) is 5.15. The highest BCUT2D eigenvalue weighted by Gasteiger charge is 2.23. The monoisotopic (exact) mass is 259 g/mol. The zero-order valence-corrected chi connectivity index (χ0v) is 10.9. The van der Waals surface area contributed by atoms with Crippen molar-refractivity contribution in [3.05, 3.63) is 35.8 Å². The van der Waals surface area contributed by atoms with Crippen molar-refractivity contribution in [1.82, 2.24) is 14.3 Å². The van der Waals surface area contributed by atoms with Crippen LogP contribution in [-0.2, 0) is 0 Å². The van der Waals surface area contributed by atoms with E-state index in [1.54, 1.807) is 22.7 Å². The Bertz CT molecular complexity index is 620. The predicted molar refractivity (Wildman–Crippen MR) is 71.4 cm³/mol. The molecule has 0 bridgehead atoms. The molecule has 0 spiro atoms. The van der Waals surface area contributed by atoms with Gasteiger partial charge in [0.1, 0.15) is 5.65 Å². The molecule has 2 aromatic rings. The molecule has 2 aromatic heterocycles. The lowest BCUT2D eigenvalue weighted by atomic mass is 10.0. The van der Waals surface area contributed by atoms with Crippen LogP contribution in [-0.4, -0.2) is 39.0 Å². The van der Waals surface area contributed by atoms with Crippen molar-refractivity contribution >= 4 is 11.6 Å². The van der Waals surface area contributed by atoms with Gasteiger partial charge in [0.2, 0.25) is 0 Å². The summed E-state index contributed by atoms with van der Waals surface area (Å²) in [6.07, 6.45) is 7.16. The van der Waals surface area contributed by atoms with E-state index < -0.39 is 5.97 Å². The number of piperidine rings is 1. The van der Waals surface area contributed by atoms with Crippen LogP contribution in [0.25, 0.3) is 5.65 Å². The van der Waals surface area contributed by atoms with E-state index in [1.807, 2.05) is 6.20 Å². The Labute approximate surface area is 111 Å². The smallest absolute Gasteiger partial charge is 0.337 e. The molecule has 1 fully saturated rings. The van der Waals surface area contributed by atoms with Crippen LogP contribution in [0, 0.1) is 0 Å². The molecule has 1 aliphatic rings. The molecule has 1 unspecified atom stereocenters. The summed E-state index contributed by atoms with van der Waals surface area (Å²) < 4.78 is 1.81. The predicted octanol–water partition coefficient (Wildman–Crippen LogP) is 2.19. The lowest BCUT2D eigenvalue weighted by Crippen LogP contribution is -2.29. The third kappa shape index (κ3) is 2.21. The summed E-state index contributed by atoms with van der Waals surface area (Å²) >= 11 is 0. The fraction of sp³-hybridized carbons (Fsp3) is 0.429. The van der Waals surface area contributed by atoms with E-state index in [1.165, 1.54) is 12.8 Å². The minimum Gasteiger partial charge on any atom is -0.478 e. The highest BCUT2D eigenvalue weighted by molar-refractivity contribution is 5.87. The minimum atomic E-state index is -0.910. The summed E-state index contributed by atoms with van der Waals surface area (Å²) in [6, 6.07) is 3.70. The molecule has 1 saturated heterocycles. The highest BCUT2D eigenvalue weighted by atomic mass is 16.4. The van der Waals surface area contributed by atoms with Crippen molar-refractivity contribution in [2.45, 2.75) is 25.3 Å². The number of carbonyl (C=O) groups is 1. The van der Waals surface area contributed by atoms with Crippen LogP contribution in [0.5, 0.6) is 0 Å². The lowest BCUT2D eigenvalue weighted by molar-refractivity contribution is 0.0696. The molecule has 0 radical (unpaired) electrons. The average molecular weight is 259 g/mol.